The predicted octanol–water partition coefficient (Wildman–Crippen LogP) is 2.98. The summed E-state index contributed by atoms with van der Waals surface area (Å²) in [6, 6.07) is 7.55. The second-order valence-corrected chi connectivity index (χ2v) is 7.41. The van der Waals surface area contributed by atoms with Crippen LogP contribution in [-0.2, 0) is 4.79 Å². The molecule has 0 bridgehead atoms. The van der Waals surface area contributed by atoms with Crippen molar-refractivity contribution in [2.24, 2.45) is 11.8 Å². The number of hydrogen-bond acceptors (Lipinski definition) is 3. The van der Waals surface area contributed by atoms with Crippen LogP contribution in [0.3, 0.4) is 0 Å². The maximum atomic E-state index is 12.7. The highest BCUT2D eigenvalue weighted by atomic mass is 32.2. The zero-order chi connectivity index (χ0) is 15.6. The Morgan fingerprint density at radius 1 is 1.29 bits per heavy atom. The lowest BCUT2D eigenvalue weighted by Gasteiger charge is -2.18. The fourth-order valence-corrected chi connectivity index (χ4v) is 3.57. The van der Waals surface area contributed by atoms with E-state index in [4.69, 9.17) is 0 Å². The van der Waals surface area contributed by atoms with Crippen molar-refractivity contribution in [1.29, 1.82) is 0 Å². The molecule has 1 heterocycles. The third-order valence-electron chi connectivity index (χ3n) is 3.70. The number of carbonyl (C=O) groups is 2. The van der Waals surface area contributed by atoms with Crippen molar-refractivity contribution in [3.8, 4) is 0 Å². The third kappa shape index (κ3) is 3.59. The molecule has 2 atom stereocenters. The molecule has 0 spiro atoms. The Morgan fingerprint density at radius 2 is 1.95 bits per heavy atom. The first-order valence-corrected chi connectivity index (χ1v) is 8.06. The van der Waals surface area contributed by atoms with Crippen LogP contribution < -0.4 is 0 Å². The largest absolute Gasteiger partial charge is 0.481 e. The Bertz CT molecular complexity index is 544. The molecule has 4 nitrogen and oxygen atoms in total. The van der Waals surface area contributed by atoms with E-state index < -0.39 is 11.9 Å². The van der Waals surface area contributed by atoms with Crippen LogP contribution in [-0.4, -0.2) is 40.2 Å². The molecule has 2 rings (SSSR count). The van der Waals surface area contributed by atoms with Gasteiger partial charge in [0.25, 0.3) is 5.91 Å². The molecule has 1 aromatic rings. The monoisotopic (exact) mass is 307 g/mol. The minimum atomic E-state index is -0.817. The molecule has 0 aromatic heterocycles. The second-order valence-electron chi connectivity index (χ2n) is 5.79. The number of benzene rings is 1. The molecule has 5 heteroatoms. The normalized spacial score (nSPS) is 21.8. The average Bonchev–Trinajstić information content (AvgIpc) is 2.80. The number of nitrogens with zero attached hydrogens (tertiary/aromatic N) is 1. The predicted molar refractivity (Wildman–Crippen MR) is 83.6 cm³/mol. The molecular weight excluding hydrogens is 286 g/mol. The number of hydrogen-bond donors (Lipinski definition) is 1. The first-order valence-electron chi connectivity index (χ1n) is 7.18. The van der Waals surface area contributed by atoms with Crippen molar-refractivity contribution < 1.29 is 14.7 Å². The van der Waals surface area contributed by atoms with Gasteiger partial charge in [-0.2, -0.15) is 0 Å². The van der Waals surface area contributed by atoms with Crippen LogP contribution in [0.2, 0.25) is 0 Å². The average molecular weight is 307 g/mol. The first-order chi connectivity index (χ1) is 9.90. The molecular formula is C16H21NO3S. The van der Waals surface area contributed by atoms with Crippen LogP contribution in [0.1, 0.15) is 31.1 Å². The number of likely N-dealkylation sites (tertiary alicyclic amines) is 1. The summed E-state index contributed by atoms with van der Waals surface area (Å²) >= 11 is 1.66. The van der Waals surface area contributed by atoms with Crippen LogP contribution in [0.15, 0.2) is 29.2 Å². The van der Waals surface area contributed by atoms with Crippen molar-refractivity contribution in [2.45, 2.75) is 30.9 Å². The van der Waals surface area contributed by atoms with Crippen molar-refractivity contribution in [2.75, 3.05) is 13.1 Å². The lowest BCUT2D eigenvalue weighted by Crippen LogP contribution is -2.30. The maximum Gasteiger partial charge on any atom is 0.308 e. The lowest BCUT2D eigenvalue weighted by molar-refractivity contribution is -0.142. The van der Waals surface area contributed by atoms with Gasteiger partial charge in [-0.1, -0.05) is 32.9 Å². The van der Waals surface area contributed by atoms with Gasteiger partial charge in [0.1, 0.15) is 0 Å². The van der Waals surface area contributed by atoms with Crippen LogP contribution in [0.25, 0.3) is 0 Å². The number of thioether (sulfide) groups is 1. The zero-order valence-corrected chi connectivity index (χ0v) is 13.4. The summed E-state index contributed by atoms with van der Waals surface area (Å²) in [6.45, 7) is 6.88. The van der Waals surface area contributed by atoms with Gasteiger partial charge in [0.15, 0.2) is 0 Å². The van der Waals surface area contributed by atoms with E-state index in [2.05, 4.69) is 13.8 Å². The second kappa shape index (κ2) is 6.52. The maximum absolute atomic E-state index is 12.7. The minimum Gasteiger partial charge on any atom is -0.481 e. The van der Waals surface area contributed by atoms with Crippen molar-refractivity contribution in [3.05, 3.63) is 29.8 Å². The SMILES string of the molecule is CC(C)Sc1ccccc1C(=O)N1C[C@@H](C)[C@H](C(=O)O)C1. The summed E-state index contributed by atoms with van der Waals surface area (Å²) in [5.74, 6) is -1.34. The highest BCUT2D eigenvalue weighted by Gasteiger charge is 2.37. The zero-order valence-electron chi connectivity index (χ0n) is 12.6. The third-order valence-corrected chi connectivity index (χ3v) is 4.78. The van der Waals surface area contributed by atoms with Gasteiger partial charge in [-0.25, -0.2) is 0 Å². The Labute approximate surface area is 129 Å². The quantitative estimate of drug-likeness (QED) is 0.869. The van der Waals surface area contributed by atoms with Gasteiger partial charge in [-0.15, -0.1) is 11.8 Å². The van der Waals surface area contributed by atoms with E-state index in [0.29, 0.717) is 23.9 Å². The highest BCUT2D eigenvalue weighted by Crippen LogP contribution is 2.30. The molecule has 1 amide bonds. The summed E-state index contributed by atoms with van der Waals surface area (Å²) in [4.78, 5) is 26.5. The molecule has 1 fully saturated rings. The van der Waals surface area contributed by atoms with E-state index in [-0.39, 0.29) is 11.8 Å². The Balaban J connectivity index is 2.20. The number of carboxylic acids is 1. The standard InChI is InChI=1S/C16H21NO3S/c1-10(2)21-14-7-5-4-6-12(14)15(18)17-8-11(3)13(9-17)16(19)20/h4-7,10-11,13H,8-9H2,1-3H3,(H,19,20)/t11-,13-/m1/s1. The number of aliphatic carboxylic acids is 1. The summed E-state index contributed by atoms with van der Waals surface area (Å²) in [6.07, 6.45) is 0. The Kier molecular flexibility index (Phi) is 4.93. The van der Waals surface area contributed by atoms with Crippen molar-refractivity contribution in [3.63, 3.8) is 0 Å². The Hall–Kier alpha value is -1.49. The van der Waals surface area contributed by atoms with E-state index in [0.717, 1.165) is 4.90 Å². The van der Waals surface area contributed by atoms with Crippen molar-refractivity contribution >= 4 is 23.6 Å². The first kappa shape index (κ1) is 15.9. The van der Waals surface area contributed by atoms with E-state index in [1.165, 1.54) is 0 Å². The summed E-state index contributed by atoms with van der Waals surface area (Å²) in [5.41, 5.74) is 0.675. The van der Waals surface area contributed by atoms with E-state index in [1.807, 2.05) is 31.2 Å². The van der Waals surface area contributed by atoms with Gasteiger partial charge in [0.2, 0.25) is 0 Å². The molecule has 1 aromatic carbocycles. The van der Waals surface area contributed by atoms with Gasteiger partial charge >= 0.3 is 5.97 Å². The van der Waals surface area contributed by atoms with Crippen LogP contribution >= 0.6 is 11.8 Å². The fourth-order valence-electron chi connectivity index (χ4n) is 2.62. The topological polar surface area (TPSA) is 57.6 Å². The van der Waals surface area contributed by atoms with Gasteiger partial charge in [-0.05, 0) is 18.1 Å². The molecule has 0 aliphatic carbocycles. The number of carbonyl (C=O) groups excluding carboxylic acids is 1. The molecule has 1 aliphatic heterocycles. The molecule has 1 N–H and O–H groups in total. The van der Waals surface area contributed by atoms with E-state index in [1.54, 1.807) is 16.7 Å². The van der Waals surface area contributed by atoms with Gasteiger partial charge < -0.3 is 10.0 Å². The minimum absolute atomic E-state index is 0.00337. The molecule has 0 unspecified atom stereocenters. The summed E-state index contributed by atoms with van der Waals surface area (Å²) < 4.78 is 0. The van der Waals surface area contributed by atoms with E-state index >= 15 is 0 Å². The van der Waals surface area contributed by atoms with Crippen molar-refractivity contribution in [1.82, 2.24) is 4.90 Å². The summed E-state index contributed by atoms with van der Waals surface area (Å²) in [5, 5.41) is 9.58. The molecule has 0 saturated carbocycles. The Morgan fingerprint density at radius 3 is 2.52 bits per heavy atom. The summed E-state index contributed by atoms with van der Waals surface area (Å²) in [7, 11) is 0. The number of carboxylic acid groups (broad SMARTS) is 1. The molecule has 1 saturated heterocycles. The molecule has 0 radical (unpaired) electrons. The molecule has 114 valence electrons. The smallest absolute Gasteiger partial charge is 0.308 e. The lowest BCUT2D eigenvalue weighted by atomic mass is 9.99. The fraction of sp³-hybridized carbons (Fsp3) is 0.500. The van der Waals surface area contributed by atoms with Crippen LogP contribution in [0.5, 0.6) is 0 Å². The van der Waals surface area contributed by atoms with E-state index in [9.17, 15) is 14.7 Å². The molecule has 1 aliphatic rings. The van der Waals surface area contributed by atoms with Crippen LogP contribution in [0.4, 0.5) is 0 Å². The molecule has 21 heavy (non-hydrogen) atoms. The highest BCUT2D eigenvalue weighted by molar-refractivity contribution is 8.00. The van der Waals surface area contributed by atoms with Gasteiger partial charge in [-0.3, -0.25) is 9.59 Å². The van der Waals surface area contributed by atoms with Gasteiger partial charge in [0.05, 0.1) is 11.5 Å². The van der Waals surface area contributed by atoms with Crippen LogP contribution in [0, 0.1) is 11.8 Å². The number of amides is 1. The number of rotatable bonds is 4. The van der Waals surface area contributed by atoms with Gasteiger partial charge in [0, 0.05) is 23.2 Å².